The SMILES string of the molecule is COCc1cccc(Nc2cc(F)cc([N+](=O)[O-])c2)c1. The minimum Gasteiger partial charge on any atom is -0.380 e. The first-order valence-electron chi connectivity index (χ1n) is 5.88. The molecule has 2 aromatic rings. The molecule has 0 unspecified atom stereocenters. The molecule has 0 atom stereocenters. The average Bonchev–Trinajstić information content (AvgIpc) is 2.38. The molecule has 20 heavy (non-hydrogen) atoms. The summed E-state index contributed by atoms with van der Waals surface area (Å²) in [6.45, 7) is 0.457. The highest BCUT2D eigenvalue weighted by Gasteiger charge is 2.10. The van der Waals surface area contributed by atoms with Gasteiger partial charge < -0.3 is 10.1 Å². The Kier molecular flexibility index (Phi) is 4.27. The monoisotopic (exact) mass is 276 g/mol. The zero-order valence-electron chi connectivity index (χ0n) is 10.8. The van der Waals surface area contributed by atoms with Gasteiger partial charge in [0.25, 0.3) is 5.69 Å². The largest absolute Gasteiger partial charge is 0.380 e. The summed E-state index contributed by atoms with van der Waals surface area (Å²) in [4.78, 5) is 10.1. The van der Waals surface area contributed by atoms with Crippen molar-refractivity contribution in [1.29, 1.82) is 0 Å². The smallest absolute Gasteiger partial charge is 0.274 e. The van der Waals surface area contributed by atoms with Crippen LogP contribution in [0.25, 0.3) is 0 Å². The number of hydrogen-bond donors (Lipinski definition) is 1. The number of anilines is 2. The fourth-order valence-electron chi connectivity index (χ4n) is 1.82. The Balaban J connectivity index is 2.25. The third kappa shape index (κ3) is 3.52. The molecule has 5 nitrogen and oxygen atoms in total. The lowest BCUT2D eigenvalue weighted by Crippen LogP contribution is -1.96. The summed E-state index contributed by atoms with van der Waals surface area (Å²) in [7, 11) is 1.59. The fraction of sp³-hybridized carbons (Fsp3) is 0.143. The molecule has 0 aliphatic rings. The summed E-state index contributed by atoms with van der Waals surface area (Å²) in [5, 5.41) is 13.6. The third-order valence-corrected chi connectivity index (χ3v) is 2.62. The zero-order chi connectivity index (χ0) is 14.5. The molecule has 0 saturated heterocycles. The first kappa shape index (κ1) is 14.0. The van der Waals surface area contributed by atoms with Gasteiger partial charge in [-0.25, -0.2) is 4.39 Å². The quantitative estimate of drug-likeness (QED) is 0.669. The molecule has 0 aliphatic heterocycles. The van der Waals surface area contributed by atoms with Crippen molar-refractivity contribution in [2.75, 3.05) is 12.4 Å². The molecule has 104 valence electrons. The maximum Gasteiger partial charge on any atom is 0.274 e. The molecule has 0 aromatic heterocycles. The molecule has 0 heterocycles. The molecular weight excluding hydrogens is 263 g/mol. The summed E-state index contributed by atoms with van der Waals surface area (Å²) >= 11 is 0. The van der Waals surface area contributed by atoms with Gasteiger partial charge in [0.15, 0.2) is 0 Å². The van der Waals surface area contributed by atoms with Gasteiger partial charge in [0.1, 0.15) is 5.82 Å². The van der Waals surface area contributed by atoms with Gasteiger partial charge in [0.2, 0.25) is 0 Å². The van der Waals surface area contributed by atoms with Gasteiger partial charge in [0.05, 0.1) is 17.6 Å². The summed E-state index contributed by atoms with van der Waals surface area (Å²) in [5.41, 5.74) is 1.69. The molecule has 6 heteroatoms. The van der Waals surface area contributed by atoms with Crippen LogP contribution in [0.3, 0.4) is 0 Å². The van der Waals surface area contributed by atoms with E-state index in [0.717, 1.165) is 11.6 Å². The predicted molar refractivity (Wildman–Crippen MR) is 73.5 cm³/mol. The predicted octanol–water partition coefficient (Wildman–Crippen LogP) is 3.62. The van der Waals surface area contributed by atoms with Crippen molar-refractivity contribution < 1.29 is 14.1 Å². The van der Waals surface area contributed by atoms with E-state index in [1.165, 1.54) is 12.1 Å². The van der Waals surface area contributed by atoms with Gasteiger partial charge in [-0.3, -0.25) is 10.1 Å². The van der Waals surface area contributed by atoms with Gasteiger partial charge in [-0.15, -0.1) is 0 Å². The molecule has 0 saturated carbocycles. The molecule has 0 aliphatic carbocycles. The highest BCUT2D eigenvalue weighted by molar-refractivity contribution is 5.63. The topological polar surface area (TPSA) is 64.4 Å². The number of methoxy groups -OCH3 is 1. The van der Waals surface area contributed by atoms with Crippen LogP contribution in [-0.4, -0.2) is 12.0 Å². The number of hydrogen-bond acceptors (Lipinski definition) is 4. The molecule has 0 radical (unpaired) electrons. The van der Waals surface area contributed by atoms with Crippen molar-refractivity contribution in [1.82, 2.24) is 0 Å². The Bertz CT molecular complexity index is 632. The number of nitrogens with one attached hydrogen (secondary N) is 1. The van der Waals surface area contributed by atoms with Crippen LogP contribution < -0.4 is 5.32 Å². The maximum atomic E-state index is 13.3. The first-order valence-corrected chi connectivity index (χ1v) is 5.88. The second-order valence-electron chi connectivity index (χ2n) is 4.21. The Hall–Kier alpha value is -2.47. The van der Waals surface area contributed by atoms with Crippen LogP contribution in [0.1, 0.15) is 5.56 Å². The van der Waals surface area contributed by atoms with Crippen molar-refractivity contribution >= 4 is 17.1 Å². The lowest BCUT2D eigenvalue weighted by atomic mass is 10.2. The summed E-state index contributed by atoms with van der Waals surface area (Å²) in [5.74, 6) is -0.658. The Morgan fingerprint density at radius 1 is 1.25 bits per heavy atom. The van der Waals surface area contributed by atoms with E-state index in [2.05, 4.69) is 5.32 Å². The average molecular weight is 276 g/mol. The summed E-state index contributed by atoms with van der Waals surface area (Å²) < 4.78 is 18.4. The summed E-state index contributed by atoms with van der Waals surface area (Å²) in [6.07, 6.45) is 0. The van der Waals surface area contributed by atoms with Crippen LogP contribution >= 0.6 is 0 Å². The highest BCUT2D eigenvalue weighted by atomic mass is 19.1. The van der Waals surface area contributed by atoms with Gasteiger partial charge in [0, 0.05) is 24.6 Å². The Morgan fingerprint density at radius 2 is 2.05 bits per heavy atom. The van der Waals surface area contributed by atoms with Crippen LogP contribution in [0, 0.1) is 15.9 Å². The molecule has 0 fully saturated rings. The van der Waals surface area contributed by atoms with Gasteiger partial charge in [-0.2, -0.15) is 0 Å². The zero-order valence-corrected chi connectivity index (χ0v) is 10.8. The second kappa shape index (κ2) is 6.12. The van der Waals surface area contributed by atoms with E-state index in [9.17, 15) is 14.5 Å². The molecule has 2 aromatic carbocycles. The van der Waals surface area contributed by atoms with Crippen LogP contribution in [0.4, 0.5) is 21.5 Å². The number of rotatable bonds is 5. The second-order valence-corrected chi connectivity index (χ2v) is 4.21. The van der Waals surface area contributed by atoms with Gasteiger partial charge in [-0.1, -0.05) is 12.1 Å². The number of nitro benzene ring substituents is 1. The number of halogens is 1. The minimum absolute atomic E-state index is 0.291. The van der Waals surface area contributed by atoms with Crippen molar-refractivity contribution in [2.45, 2.75) is 6.61 Å². The van der Waals surface area contributed by atoms with Crippen molar-refractivity contribution in [3.05, 3.63) is 64.0 Å². The van der Waals surface area contributed by atoms with Crippen molar-refractivity contribution in [3.8, 4) is 0 Å². The van der Waals surface area contributed by atoms with Crippen molar-refractivity contribution in [2.24, 2.45) is 0 Å². The number of benzene rings is 2. The highest BCUT2D eigenvalue weighted by Crippen LogP contribution is 2.24. The van der Waals surface area contributed by atoms with E-state index < -0.39 is 10.7 Å². The lowest BCUT2D eigenvalue weighted by Gasteiger charge is -2.08. The first-order chi connectivity index (χ1) is 9.58. The molecule has 2 rings (SSSR count). The maximum absolute atomic E-state index is 13.3. The number of ether oxygens (including phenoxy) is 1. The van der Waals surface area contributed by atoms with Crippen LogP contribution in [-0.2, 0) is 11.3 Å². The standard InChI is InChI=1S/C14H13FN2O3/c1-20-9-10-3-2-4-12(5-10)16-13-6-11(15)7-14(8-13)17(18)19/h2-8,16H,9H2,1H3. The number of nitrogens with zero attached hydrogens (tertiary/aromatic N) is 1. The van der Waals surface area contributed by atoms with E-state index >= 15 is 0 Å². The van der Waals surface area contributed by atoms with Gasteiger partial charge >= 0.3 is 0 Å². The van der Waals surface area contributed by atoms with Crippen LogP contribution in [0.2, 0.25) is 0 Å². The van der Waals surface area contributed by atoms with Crippen LogP contribution in [0.15, 0.2) is 42.5 Å². The van der Waals surface area contributed by atoms with E-state index in [-0.39, 0.29) is 5.69 Å². The summed E-state index contributed by atoms with van der Waals surface area (Å²) in [6, 6.07) is 10.7. The van der Waals surface area contributed by atoms with E-state index in [1.807, 2.05) is 18.2 Å². The van der Waals surface area contributed by atoms with Crippen molar-refractivity contribution in [3.63, 3.8) is 0 Å². The molecule has 0 spiro atoms. The Labute approximate surface area is 115 Å². The molecule has 0 amide bonds. The van der Waals surface area contributed by atoms with E-state index in [1.54, 1.807) is 13.2 Å². The van der Waals surface area contributed by atoms with Crippen LogP contribution in [0.5, 0.6) is 0 Å². The molecular formula is C14H13FN2O3. The number of non-ortho nitro benzene ring substituents is 1. The van der Waals surface area contributed by atoms with Gasteiger partial charge in [-0.05, 0) is 23.8 Å². The third-order valence-electron chi connectivity index (χ3n) is 2.62. The Morgan fingerprint density at radius 3 is 2.75 bits per heavy atom. The molecule has 1 N–H and O–H groups in total. The lowest BCUT2D eigenvalue weighted by molar-refractivity contribution is -0.385. The number of nitro groups is 1. The molecule has 0 bridgehead atoms. The fourth-order valence-corrected chi connectivity index (χ4v) is 1.82. The van der Waals surface area contributed by atoms with E-state index in [0.29, 0.717) is 18.0 Å². The minimum atomic E-state index is -0.658. The normalized spacial score (nSPS) is 10.3. The van der Waals surface area contributed by atoms with E-state index in [4.69, 9.17) is 4.74 Å².